The third-order valence-electron chi connectivity index (χ3n) is 4.23. The lowest BCUT2D eigenvalue weighted by molar-refractivity contribution is 0.0101. The Morgan fingerprint density at radius 2 is 2.25 bits per heavy atom. The SMILES string of the molecule is Cc1cccc2c1nc(C(C)Cl)n2C1(C)CCCOC1. The zero-order valence-corrected chi connectivity index (χ0v) is 13.1. The lowest BCUT2D eigenvalue weighted by Crippen LogP contribution is -2.40. The Balaban J connectivity index is 2.26. The minimum absolute atomic E-state index is 0.0563. The van der Waals surface area contributed by atoms with Gasteiger partial charge in [0.25, 0.3) is 0 Å². The van der Waals surface area contributed by atoms with Crippen molar-refractivity contribution in [3.8, 4) is 0 Å². The minimum Gasteiger partial charge on any atom is -0.379 e. The fraction of sp³-hybridized carbons (Fsp3) is 0.562. The van der Waals surface area contributed by atoms with Crippen LogP contribution in [-0.4, -0.2) is 22.8 Å². The van der Waals surface area contributed by atoms with Gasteiger partial charge in [0, 0.05) is 6.61 Å². The summed E-state index contributed by atoms with van der Waals surface area (Å²) in [7, 11) is 0. The molecule has 1 saturated heterocycles. The van der Waals surface area contributed by atoms with Crippen LogP contribution in [0.2, 0.25) is 0 Å². The lowest BCUT2D eigenvalue weighted by atomic mass is 9.93. The van der Waals surface area contributed by atoms with Crippen LogP contribution >= 0.6 is 11.6 Å². The third kappa shape index (κ3) is 2.13. The van der Waals surface area contributed by atoms with E-state index in [0.717, 1.165) is 37.4 Å². The van der Waals surface area contributed by atoms with Crippen LogP contribution in [0.5, 0.6) is 0 Å². The van der Waals surface area contributed by atoms with Gasteiger partial charge in [0.15, 0.2) is 0 Å². The predicted octanol–water partition coefficient (Wildman–Crippen LogP) is 4.17. The highest BCUT2D eigenvalue weighted by atomic mass is 35.5. The van der Waals surface area contributed by atoms with Gasteiger partial charge in [-0.3, -0.25) is 0 Å². The van der Waals surface area contributed by atoms with E-state index in [0.29, 0.717) is 0 Å². The van der Waals surface area contributed by atoms with Crippen LogP contribution in [0, 0.1) is 6.92 Å². The molecule has 3 nitrogen and oxygen atoms in total. The van der Waals surface area contributed by atoms with Gasteiger partial charge in [0.2, 0.25) is 0 Å². The van der Waals surface area contributed by atoms with Crippen LogP contribution in [0.3, 0.4) is 0 Å². The van der Waals surface area contributed by atoms with Crippen molar-refractivity contribution in [3.05, 3.63) is 29.6 Å². The first kappa shape index (κ1) is 13.9. The van der Waals surface area contributed by atoms with E-state index in [-0.39, 0.29) is 10.9 Å². The highest BCUT2D eigenvalue weighted by molar-refractivity contribution is 6.20. The molecule has 0 radical (unpaired) electrons. The summed E-state index contributed by atoms with van der Waals surface area (Å²) < 4.78 is 8.04. The van der Waals surface area contributed by atoms with Crippen LogP contribution in [0.1, 0.15) is 43.5 Å². The van der Waals surface area contributed by atoms with Gasteiger partial charge in [0.1, 0.15) is 5.82 Å². The van der Waals surface area contributed by atoms with Crippen molar-refractivity contribution < 1.29 is 4.74 Å². The zero-order chi connectivity index (χ0) is 14.3. The maximum atomic E-state index is 6.39. The molecule has 1 aliphatic heterocycles. The molecular formula is C16H21ClN2O. The van der Waals surface area contributed by atoms with Crippen molar-refractivity contribution in [2.75, 3.05) is 13.2 Å². The van der Waals surface area contributed by atoms with Crippen molar-refractivity contribution in [2.45, 2.75) is 44.5 Å². The van der Waals surface area contributed by atoms with E-state index in [1.54, 1.807) is 0 Å². The van der Waals surface area contributed by atoms with Crippen LogP contribution in [0.4, 0.5) is 0 Å². The fourth-order valence-corrected chi connectivity index (χ4v) is 3.33. The fourth-order valence-electron chi connectivity index (χ4n) is 3.19. The molecule has 108 valence electrons. The Bertz CT molecular complexity index is 627. The van der Waals surface area contributed by atoms with Gasteiger partial charge >= 0.3 is 0 Å². The van der Waals surface area contributed by atoms with Gasteiger partial charge in [-0.15, -0.1) is 11.6 Å². The molecule has 1 aromatic heterocycles. The maximum absolute atomic E-state index is 6.39. The molecule has 0 N–H and O–H groups in total. The zero-order valence-electron chi connectivity index (χ0n) is 12.3. The molecule has 2 atom stereocenters. The second-order valence-corrected chi connectivity index (χ2v) is 6.67. The van der Waals surface area contributed by atoms with E-state index in [9.17, 15) is 0 Å². The third-order valence-corrected chi connectivity index (χ3v) is 4.42. The normalized spacial score (nSPS) is 25.0. The molecule has 20 heavy (non-hydrogen) atoms. The van der Waals surface area contributed by atoms with Gasteiger partial charge in [-0.2, -0.15) is 0 Å². The number of ether oxygens (including phenoxy) is 1. The molecule has 1 aliphatic rings. The molecular weight excluding hydrogens is 272 g/mol. The van der Waals surface area contributed by atoms with Crippen molar-refractivity contribution >= 4 is 22.6 Å². The minimum atomic E-state index is -0.111. The van der Waals surface area contributed by atoms with E-state index in [1.807, 2.05) is 6.92 Å². The first-order chi connectivity index (χ1) is 9.53. The summed E-state index contributed by atoms with van der Waals surface area (Å²) in [6.07, 6.45) is 2.18. The van der Waals surface area contributed by atoms with Crippen molar-refractivity contribution in [1.82, 2.24) is 9.55 Å². The first-order valence-corrected chi connectivity index (χ1v) is 7.67. The van der Waals surface area contributed by atoms with Gasteiger partial charge in [0.05, 0.1) is 28.6 Å². The number of aromatic nitrogens is 2. The average Bonchev–Trinajstić information content (AvgIpc) is 2.81. The molecule has 2 unspecified atom stereocenters. The number of rotatable bonds is 2. The summed E-state index contributed by atoms with van der Waals surface area (Å²) >= 11 is 6.39. The Morgan fingerprint density at radius 3 is 2.90 bits per heavy atom. The number of halogens is 1. The molecule has 1 aromatic carbocycles. The molecule has 3 rings (SSSR count). The average molecular weight is 293 g/mol. The van der Waals surface area contributed by atoms with E-state index in [4.69, 9.17) is 21.3 Å². The van der Waals surface area contributed by atoms with E-state index in [1.165, 1.54) is 11.1 Å². The molecule has 4 heteroatoms. The Labute approximate surface area is 124 Å². The van der Waals surface area contributed by atoms with Crippen molar-refractivity contribution in [1.29, 1.82) is 0 Å². The van der Waals surface area contributed by atoms with Crippen molar-refractivity contribution in [3.63, 3.8) is 0 Å². The van der Waals surface area contributed by atoms with Crippen molar-refractivity contribution in [2.24, 2.45) is 0 Å². The Kier molecular flexibility index (Phi) is 3.51. The number of benzene rings is 1. The van der Waals surface area contributed by atoms with Crippen LogP contribution in [-0.2, 0) is 10.3 Å². The highest BCUT2D eigenvalue weighted by Crippen LogP contribution is 2.36. The Morgan fingerprint density at radius 1 is 1.45 bits per heavy atom. The topological polar surface area (TPSA) is 27.1 Å². The number of para-hydroxylation sites is 1. The molecule has 0 saturated carbocycles. The van der Waals surface area contributed by atoms with Gasteiger partial charge in [-0.05, 0) is 45.2 Å². The molecule has 2 aromatic rings. The smallest absolute Gasteiger partial charge is 0.128 e. The predicted molar refractivity (Wildman–Crippen MR) is 82.4 cm³/mol. The lowest BCUT2D eigenvalue weighted by Gasteiger charge is -2.37. The number of alkyl halides is 1. The quantitative estimate of drug-likeness (QED) is 0.777. The number of hydrogen-bond acceptors (Lipinski definition) is 2. The Hall–Kier alpha value is -1.06. The summed E-state index contributed by atoms with van der Waals surface area (Å²) in [5.41, 5.74) is 3.36. The molecule has 0 aliphatic carbocycles. The summed E-state index contributed by atoms with van der Waals surface area (Å²) in [6.45, 7) is 7.91. The number of aryl methyl sites for hydroxylation is 1. The first-order valence-electron chi connectivity index (χ1n) is 7.23. The molecule has 0 spiro atoms. The monoisotopic (exact) mass is 292 g/mol. The number of nitrogens with zero attached hydrogens (tertiary/aromatic N) is 2. The second-order valence-electron chi connectivity index (χ2n) is 6.02. The van der Waals surface area contributed by atoms with E-state index >= 15 is 0 Å². The largest absolute Gasteiger partial charge is 0.379 e. The number of hydrogen-bond donors (Lipinski definition) is 0. The van der Waals surface area contributed by atoms with E-state index in [2.05, 4.69) is 36.6 Å². The highest BCUT2D eigenvalue weighted by Gasteiger charge is 2.34. The summed E-state index contributed by atoms with van der Waals surface area (Å²) in [5.74, 6) is 0.948. The number of fused-ring (bicyclic) bond motifs is 1. The van der Waals surface area contributed by atoms with Gasteiger partial charge < -0.3 is 9.30 Å². The van der Waals surface area contributed by atoms with Crippen LogP contribution in [0.15, 0.2) is 18.2 Å². The van der Waals surface area contributed by atoms with Crippen LogP contribution in [0.25, 0.3) is 11.0 Å². The van der Waals surface area contributed by atoms with Crippen LogP contribution < -0.4 is 0 Å². The second kappa shape index (κ2) is 5.05. The standard InChI is InChI=1S/C16H21ClN2O/c1-11-6-4-7-13-14(11)18-15(12(2)17)19(13)16(3)8-5-9-20-10-16/h4,6-7,12H,5,8-10H2,1-3H3. The molecule has 0 bridgehead atoms. The molecule has 2 heterocycles. The molecule has 1 fully saturated rings. The number of imidazole rings is 1. The summed E-state index contributed by atoms with van der Waals surface area (Å²) in [5, 5.41) is -0.111. The van der Waals surface area contributed by atoms with E-state index < -0.39 is 0 Å². The molecule has 0 amide bonds. The summed E-state index contributed by atoms with van der Waals surface area (Å²) in [4.78, 5) is 4.81. The summed E-state index contributed by atoms with van der Waals surface area (Å²) in [6, 6.07) is 6.32. The maximum Gasteiger partial charge on any atom is 0.128 e. The van der Waals surface area contributed by atoms with Gasteiger partial charge in [-0.1, -0.05) is 12.1 Å². The van der Waals surface area contributed by atoms with Gasteiger partial charge in [-0.25, -0.2) is 4.98 Å².